The maximum atomic E-state index is 13.5. The maximum Gasteiger partial charge on any atom is 0.471 e. The van der Waals surface area contributed by atoms with E-state index in [-0.39, 0.29) is 36.1 Å². The Hall–Kier alpha value is -2.86. The molecule has 0 spiro atoms. The van der Waals surface area contributed by atoms with Crippen molar-refractivity contribution < 1.29 is 37.1 Å². The molecular formula is C24H36F3N5O5. The summed E-state index contributed by atoms with van der Waals surface area (Å²) in [7, 11) is 0. The first-order chi connectivity index (χ1) is 16.9. The van der Waals surface area contributed by atoms with Gasteiger partial charge in [-0.25, -0.2) is 0 Å². The van der Waals surface area contributed by atoms with Crippen molar-refractivity contribution in [1.82, 2.24) is 20.9 Å². The lowest BCUT2D eigenvalue weighted by Crippen LogP contribution is -2.61. The molecule has 0 unspecified atom stereocenters. The van der Waals surface area contributed by atoms with E-state index < -0.39 is 59.3 Å². The molecule has 10 nitrogen and oxygen atoms in total. The highest BCUT2D eigenvalue weighted by atomic mass is 19.4. The number of hydrogen-bond acceptors (Lipinski definition) is 5. The quantitative estimate of drug-likeness (QED) is 0.376. The van der Waals surface area contributed by atoms with Gasteiger partial charge in [0.2, 0.25) is 23.6 Å². The van der Waals surface area contributed by atoms with Gasteiger partial charge in [0.05, 0.1) is 0 Å². The molecule has 2 saturated heterocycles. The second-order valence-electron chi connectivity index (χ2n) is 12.0. The van der Waals surface area contributed by atoms with Crippen molar-refractivity contribution in [2.45, 2.75) is 78.2 Å². The van der Waals surface area contributed by atoms with Crippen molar-refractivity contribution in [3.8, 4) is 0 Å². The minimum atomic E-state index is -5.18. The molecule has 208 valence electrons. The van der Waals surface area contributed by atoms with E-state index in [4.69, 9.17) is 5.73 Å². The summed E-state index contributed by atoms with van der Waals surface area (Å²) in [4.78, 5) is 64.3. The molecule has 2 aliphatic heterocycles. The number of carbonyl (C=O) groups excluding carboxylic acids is 5. The van der Waals surface area contributed by atoms with E-state index >= 15 is 0 Å². The maximum absolute atomic E-state index is 13.5. The Balaban J connectivity index is 1.83. The van der Waals surface area contributed by atoms with Gasteiger partial charge < -0.3 is 26.6 Å². The SMILES string of the molecule is CC(C)(C)[C@H](NC(=O)C(F)(F)F)C(=O)N1C[C@H]2[C@@H]([C@H]1C(=O)N[C@@H](C[C@@H]1CCCNC1=O)C(N)=O)C2(C)C. The zero-order chi connectivity index (χ0) is 28.1. The molecule has 0 bridgehead atoms. The first-order valence-electron chi connectivity index (χ1n) is 12.4. The highest BCUT2D eigenvalue weighted by Crippen LogP contribution is 2.65. The smallest absolute Gasteiger partial charge is 0.368 e. The minimum Gasteiger partial charge on any atom is -0.368 e. The Bertz CT molecular complexity index is 977. The predicted octanol–water partition coefficient (Wildman–Crippen LogP) is 0.449. The topological polar surface area (TPSA) is 151 Å². The molecule has 37 heavy (non-hydrogen) atoms. The van der Waals surface area contributed by atoms with Crippen molar-refractivity contribution in [3.63, 3.8) is 0 Å². The molecule has 2 heterocycles. The first kappa shape index (κ1) is 28.7. The minimum absolute atomic E-state index is 0.00266. The Morgan fingerprint density at radius 1 is 1.16 bits per heavy atom. The largest absolute Gasteiger partial charge is 0.471 e. The summed E-state index contributed by atoms with van der Waals surface area (Å²) in [5, 5.41) is 7.10. The zero-order valence-electron chi connectivity index (χ0n) is 21.7. The fourth-order valence-corrected chi connectivity index (χ4v) is 5.69. The van der Waals surface area contributed by atoms with Crippen molar-refractivity contribution in [1.29, 1.82) is 0 Å². The molecule has 1 saturated carbocycles. The van der Waals surface area contributed by atoms with E-state index in [0.29, 0.717) is 13.0 Å². The van der Waals surface area contributed by atoms with Crippen LogP contribution in [0.1, 0.15) is 53.9 Å². The summed E-state index contributed by atoms with van der Waals surface area (Å²) in [6.45, 7) is 9.04. The standard InChI is InChI=1S/C24H36F3N5O5/c1-22(2,3)16(31-21(37)24(25,26)27)20(36)32-10-12-14(23(12,4)5)15(32)19(35)30-13(17(28)33)9-11-7-6-8-29-18(11)34/h11-16H,6-10H2,1-5H3,(H2,28,33)(H,29,34)(H,30,35)(H,31,37)/t11-,12-,13-,14-,15-,16+/m0/s1. The number of amides is 5. The third-order valence-corrected chi connectivity index (χ3v) is 7.99. The van der Waals surface area contributed by atoms with Crippen LogP contribution in [0.5, 0.6) is 0 Å². The number of nitrogens with two attached hydrogens (primary N) is 1. The molecule has 3 rings (SSSR count). The van der Waals surface area contributed by atoms with E-state index in [1.54, 1.807) is 5.32 Å². The molecule has 0 aromatic heterocycles. The number of rotatable bonds is 7. The number of carbonyl (C=O) groups is 5. The summed E-state index contributed by atoms with van der Waals surface area (Å²) in [5.41, 5.74) is 4.12. The lowest BCUT2D eigenvalue weighted by atomic mass is 9.85. The summed E-state index contributed by atoms with van der Waals surface area (Å²) >= 11 is 0. The van der Waals surface area contributed by atoms with Crippen LogP contribution in [0.2, 0.25) is 0 Å². The fraction of sp³-hybridized carbons (Fsp3) is 0.792. The average molecular weight is 532 g/mol. The molecular weight excluding hydrogens is 495 g/mol. The number of primary amides is 1. The number of nitrogens with zero attached hydrogens (tertiary/aromatic N) is 1. The molecule has 0 aromatic rings. The van der Waals surface area contributed by atoms with E-state index in [9.17, 15) is 37.1 Å². The normalized spacial score (nSPS) is 28.4. The molecule has 13 heteroatoms. The monoisotopic (exact) mass is 531 g/mol. The van der Waals surface area contributed by atoms with Crippen molar-refractivity contribution in [2.24, 2.45) is 34.3 Å². The van der Waals surface area contributed by atoms with Gasteiger partial charge >= 0.3 is 12.1 Å². The molecule has 0 radical (unpaired) electrons. The van der Waals surface area contributed by atoms with Crippen LogP contribution in [0.4, 0.5) is 13.2 Å². The summed E-state index contributed by atoms with van der Waals surface area (Å²) in [5.74, 6) is -5.67. The number of halogens is 3. The predicted molar refractivity (Wildman–Crippen MR) is 125 cm³/mol. The molecule has 3 fully saturated rings. The summed E-state index contributed by atoms with van der Waals surface area (Å²) < 4.78 is 38.9. The van der Waals surface area contributed by atoms with Gasteiger partial charge in [0.1, 0.15) is 18.1 Å². The number of fused-ring (bicyclic) bond motifs is 1. The highest BCUT2D eigenvalue weighted by Gasteiger charge is 2.70. The Labute approximate surface area is 213 Å². The summed E-state index contributed by atoms with van der Waals surface area (Å²) in [6.07, 6.45) is -3.94. The van der Waals surface area contributed by atoms with Gasteiger partial charge in [0.25, 0.3) is 0 Å². The van der Waals surface area contributed by atoms with Crippen molar-refractivity contribution >= 4 is 29.5 Å². The average Bonchev–Trinajstić information content (AvgIpc) is 3.09. The number of likely N-dealkylation sites (tertiary alicyclic amines) is 1. The Morgan fingerprint density at radius 3 is 2.30 bits per heavy atom. The van der Waals surface area contributed by atoms with Gasteiger partial charge in [-0.3, -0.25) is 24.0 Å². The highest BCUT2D eigenvalue weighted by molar-refractivity contribution is 5.96. The van der Waals surface area contributed by atoms with E-state index in [1.165, 1.54) is 25.7 Å². The van der Waals surface area contributed by atoms with Gasteiger partial charge in [-0.05, 0) is 41.9 Å². The van der Waals surface area contributed by atoms with Crippen LogP contribution in [-0.2, 0) is 24.0 Å². The van der Waals surface area contributed by atoms with E-state index in [2.05, 4.69) is 10.6 Å². The van der Waals surface area contributed by atoms with Crippen LogP contribution in [-0.4, -0.2) is 71.8 Å². The van der Waals surface area contributed by atoms with Crippen LogP contribution >= 0.6 is 0 Å². The van der Waals surface area contributed by atoms with Crippen LogP contribution in [0.3, 0.4) is 0 Å². The lowest BCUT2D eigenvalue weighted by Gasteiger charge is -2.38. The van der Waals surface area contributed by atoms with Crippen LogP contribution in [0.25, 0.3) is 0 Å². The van der Waals surface area contributed by atoms with Crippen LogP contribution < -0.4 is 21.7 Å². The second-order valence-corrected chi connectivity index (χ2v) is 12.0. The number of hydrogen-bond donors (Lipinski definition) is 4. The molecule has 3 aliphatic rings. The number of nitrogens with one attached hydrogen (secondary N) is 3. The van der Waals surface area contributed by atoms with Gasteiger partial charge in [0.15, 0.2) is 0 Å². The van der Waals surface area contributed by atoms with E-state index in [1.807, 2.05) is 13.8 Å². The fourth-order valence-electron chi connectivity index (χ4n) is 5.69. The molecule has 1 aliphatic carbocycles. The van der Waals surface area contributed by atoms with Crippen molar-refractivity contribution in [3.05, 3.63) is 0 Å². The van der Waals surface area contributed by atoms with E-state index in [0.717, 1.165) is 6.42 Å². The third kappa shape index (κ3) is 5.85. The van der Waals surface area contributed by atoms with Gasteiger partial charge in [0, 0.05) is 19.0 Å². The van der Waals surface area contributed by atoms with Crippen LogP contribution in [0, 0.1) is 28.6 Å². The van der Waals surface area contributed by atoms with Crippen molar-refractivity contribution in [2.75, 3.05) is 13.1 Å². The second kappa shape index (κ2) is 9.79. The molecule has 0 aromatic carbocycles. The molecule has 6 atom stereocenters. The number of alkyl halides is 3. The first-order valence-corrected chi connectivity index (χ1v) is 12.4. The number of piperidine rings is 2. The zero-order valence-corrected chi connectivity index (χ0v) is 21.7. The third-order valence-electron chi connectivity index (χ3n) is 7.99. The molecule has 5 amide bonds. The summed E-state index contributed by atoms with van der Waals surface area (Å²) in [6, 6.07) is -3.78. The van der Waals surface area contributed by atoms with Gasteiger partial charge in [-0.2, -0.15) is 13.2 Å². The lowest BCUT2D eigenvalue weighted by molar-refractivity contribution is -0.176. The van der Waals surface area contributed by atoms with Crippen LogP contribution in [0.15, 0.2) is 0 Å². The Kier molecular flexibility index (Phi) is 7.59. The van der Waals surface area contributed by atoms with Gasteiger partial charge in [-0.15, -0.1) is 0 Å². The molecule has 5 N–H and O–H groups in total. The van der Waals surface area contributed by atoms with Gasteiger partial charge in [-0.1, -0.05) is 34.6 Å². The Morgan fingerprint density at radius 2 is 1.78 bits per heavy atom.